The van der Waals surface area contributed by atoms with Crippen molar-refractivity contribution in [1.82, 2.24) is 9.97 Å². The Morgan fingerprint density at radius 1 is 1.75 bits per heavy atom. The molecule has 0 fully saturated rings. The Balaban J connectivity index is 2.51. The second-order valence-corrected chi connectivity index (χ2v) is 3.90. The van der Waals surface area contributed by atoms with Gasteiger partial charge >= 0.3 is 0 Å². The average molecular weight is 239 g/mol. The molecular formula is C10H13N3O2S. The van der Waals surface area contributed by atoms with Crippen molar-refractivity contribution in [2.45, 2.75) is 0 Å². The van der Waals surface area contributed by atoms with E-state index in [9.17, 15) is 4.79 Å². The number of hydrogen-bond acceptors (Lipinski definition) is 5. The van der Waals surface area contributed by atoms with Crippen molar-refractivity contribution in [3.05, 3.63) is 16.7 Å². The highest BCUT2D eigenvalue weighted by atomic mass is 32.2. The van der Waals surface area contributed by atoms with E-state index in [1.54, 1.807) is 11.8 Å². The van der Waals surface area contributed by atoms with Crippen molar-refractivity contribution >= 4 is 17.6 Å². The van der Waals surface area contributed by atoms with E-state index in [-0.39, 0.29) is 11.3 Å². The van der Waals surface area contributed by atoms with E-state index in [0.717, 1.165) is 5.75 Å². The molecule has 1 aromatic heterocycles. The van der Waals surface area contributed by atoms with E-state index in [4.69, 9.17) is 11.2 Å². The van der Waals surface area contributed by atoms with Gasteiger partial charge in [0.05, 0.1) is 19.2 Å². The molecule has 0 spiro atoms. The molecule has 5 nitrogen and oxygen atoms in total. The third-order valence-corrected chi connectivity index (χ3v) is 2.60. The maximum atomic E-state index is 11.3. The van der Waals surface area contributed by atoms with E-state index >= 15 is 0 Å². The number of aromatic amines is 1. The Morgan fingerprint density at radius 2 is 2.56 bits per heavy atom. The first kappa shape index (κ1) is 12.5. The average Bonchev–Trinajstić information content (AvgIpc) is 2.29. The zero-order valence-electron chi connectivity index (χ0n) is 8.95. The first-order valence-corrected chi connectivity index (χ1v) is 5.81. The van der Waals surface area contributed by atoms with Crippen LogP contribution in [0.3, 0.4) is 0 Å². The first-order chi connectivity index (χ1) is 7.79. The fourth-order valence-corrected chi connectivity index (χ4v) is 1.58. The molecule has 0 saturated carbocycles. The number of rotatable bonds is 6. The zero-order chi connectivity index (χ0) is 11.8. The summed E-state index contributed by atoms with van der Waals surface area (Å²) in [5.41, 5.74) is -0.295. The summed E-state index contributed by atoms with van der Waals surface area (Å²) in [6, 6.07) is 0. The standard InChI is InChI=1S/C10H13N3O2S/c1-3-5-16-6-4-11-9-8(15-2)10(14)13-7-12-9/h1,7H,4-6H2,2H3,(H2,11,12,13,14). The van der Waals surface area contributed by atoms with Crippen molar-refractivity contribution in [1.29, 1.82) is 0 Å². The number of nitrogens with one attached hydrogen (secondary N) is 2. The van der Waals surface area contributed by atoms with Crippen LogP contribution in [0, 0.1) is 12.3 Å². The number of anilines is 1. The van der Waals surface area contributed by atoms with Crippen molar-refractivity contribution in [3.8, 4) is 18.1 Å². The maximum absolute atomic E-state index is 11.3. The number of thioether (sulfide) groups is 1. The molecule has 0 bridgehead atoms. The molecule has 0 aliphatic carbocycles. The molecule has 2 N–H and O–H groups in total. The summed E-state index contributed by atoms with van der Waals surface area (Å²) in [6.45, 7) is 0.680. The number of aromatic nitrogens is 2. The lowest BCUT2D eigenvalue weighted by molar-refractivity contribution is 0.408. The fourth-order valence-electron chi connectivity index (χ4n) is 1.08. The number of nitrogens with zero attached hydrogens (tertiary/aromatic N) is 1. The Hall–Kier alpha value is -1.61. The summed E-state index contributed by atoms with van der Waals surface area (Å²) in [4.78, 5) is 17.7. The third-order valence-electron chi connectivity index (χ3n) is 1.74. The van der Waals surface area contributed by atoms with Crippen LogP contribution in [0.1, 0.15) is 0 Å². The van der Waals surface area contributed by atoms with Gasteiger partial charge in [-0.2, -0.15) is 0 Å². The van der Waals surface area contributed by atoms with Crippen LogP contribution in [0.5, 0.6) is 5.75 Å². The quantitative estimate of drug-likeness (QED) is 0.561. The van der Waals surface area contributed by atoms with Gasteiger partial charge in [0, 0.05) is 12.3 Å². The molecule has 0 aromatic carbocycles. The van der Waals surface area contributed by atoms with Gasteiger partial charge in [-0.15, -0.1) is 18.2 Å². The number of ether oxygens (including phenoxy) is 1. The highest BCUT2D eigenvalue weighted by Gasteiger charge is 2.07. The van der Waals surface area contributed by atoms with E-state index in [1.165, 1.54) is 13.4 Å². The van der Waals surface area contributed by atoms with Crippen LogP contribution in [0.15, 0.2) is 11.1 Å². The van der Waals surface area contributed by atoms with E-state index < -0.39 is 0 Å². The first-order valence-electron chi connectivity index (χ1n) is 4.66. The lowest BCUT2D eigenvalue weighted by atomic mass is 10.5. The number of H-pyrrole nitrogens is 1. The van der Waals surface area contributed by atoms with Gasteiger partial charge in [0.1, 0.15) is 0 Å². The lowest BCUT2D eigenvalue weighted by Gasteiger charge is -2.07. The summed E-state index contributed by atoms with van der Waals surface area (Å²) in [5, 5.41) is 3.02. The van der Waals surface area contributed by atoms with Gasteiger partial charge in [-0.3, -0.25) is 4.79 Å². The summed E-state index contributed by atoms with van der Waals surface area (Å²) < 4.78 is 4.95. The molecule has 0 aliphatic heterocycles. The molecule has 0 saturated heterocycles. The predicted molar refractivity (Wildman–Crippen MR) is 66.1 cm³/mol. The van der Waals surface area contributed by atoms with Gasteiger partial charge in [0.2, 0.25) is 5.75 Å². The van der Waals surface area contributed by atoms with Crippen LogP contribution in [-0.2, 0) is 0 Å². The Kier molecular flexibility index (Phi) is 5.29. The molecule has 1 aromatic rings. The van der Waals surface area contributed by atoms with Crippen molar-refractivity contribution in [3.63, 3.8) is 0 Å². The van der Waals surface area contributed by atoms with Gasteiger partial charge < -0.3 is 15.0 Å². The van der Waals surface area contributed by atoms with E-state index in [2.05, 4.69) is 21.2 Å². The SMILES string of the molecule is C#CCSCCNc1nc[nH]c(=O)c1OC. The second-order valence-electron chi connectivity index (χ2n) is 2.80. The van der Waals surface area contributed by atoms with Gasteiger partial charge in [-0.05, 0) is 0 Å². The van der Waals surface area contributed by atoms with Gasteiger partial charge in [-0.25, -0.2) is 4.98 Å². The van der Waals surface area contributed by atoms with Crippen LogP contribution in [-0.4, -0.2) is 35.1 Å². The van der Waals surface area contributed by atoms with Crippen LogP contribution in [0.2, 0.25) is 0 Å². The highest BCUT2D eigenvalue weighted by molar-refractivity contribution is 7.99. The third kappa shape index (κ3) is 3.51. The molecule has 0 radical (unpaired) electrons. The molecule has 0 amide bonds. The van der Waals surface area contributed by atoms with Crippen LogP contribution in [0.25, 0.3) is 0 Å². The minimum absolute atomic E-state index is 0.199. The topological polar surface area (TPSA) is 67.0 Å². The fraction of sp³-hybridized carbons (Fsp3) is 0.400. The lowest BCUT2D eigenvalue weighted by Crippen LogP contribution is -2.15. The summed E-state index contributed by atoms with van der Waals surface area (Å²) >= 11 is 1.64. The largest absolute Gasteiger partial charge is 0.489 e. The van der Waals surface area contributed by atoms with Crippen LogP contribution < -0.4 is 15.6 Å². The van der Waals surface area contributed by atoms with E-state index in [1.807, 2.05) is 0 Å². The van der Waals surface area contributed by atoms with E-state index in [0.29, 0.717) is 18.1 Å². The van der Waals surface area contributed by atoms with Gasteiger partial charge in [-0.1, -0.05) is 5.92 Å². The monoisotopic (exact) mass is 239 g/mol. The second kappa shape index (κ2) is 6.80. The molecule has 16 heavy (non-hydrogen) atoms. The maximum Gasteiger partial charge on any atom is 0.295 e. The molecule has 1 heterocycles. The molecule has 86 valence electrons. The van der Waals surface area contributed by atoms with Crippen molar-refractivity contribution in [2.75, 3.05) is 30.5 Å². The summed E-state index contributed by atoms with van der Waals surface area (Å²) in [5.74, 6) is 4.72. The van der Waals surface area contributed by atoms with Crippen molar-refractivity contribution in [2.24, 2.45) is 0 Å². The molecule has 1 rings (SSSR count). The smallest absolute Gasteiger partial charge is 0.295 e. The molecule has 0 unspecified atom stereocenters. The highest BCUT2D eigenvalue weighted by Crippen LogP contribution is 2.13. The Labute approximate surface area is 98.0 Å². The predicted octanol–water partition coefficient (Wildman–Crippen LogP) is 0.557. The van der Waals surface area contributed by atoms with Gasteiger partial charge in [0.25, 0.3) is 5.56 Å². The number of hydrogen-bond donors (Lipinski definition) is 2. The number of terminal acetylenes is 1. The normalized spacial score (nSPS) is 9.50. The van der Waals surface area contributed by atoms with Crippen LogP contribution >= 0.6 is 11.8 Å². The molecular weight excluding hydrogens is 226 g/mol. The summed E-state index contributed by atoms with van der Waals surface area (Å²) in [6.07, 6.45) is 6.45. The van der Waals surface area contributed by atoms with Gasteiger partial charge in [0.15, 0.2) is 5.82 Å². The summed E-state index contributed by atoms with van der Waals surface area (Å²) in [7, 11) is 1.44. The van der Waals surface area contributed by atoms with Crippen LogP contribution in [0.4, 0.5) is 5.82 Å². The molecule has 6 heteroatoms. The number of methoxy groups -OCH3 is 1. The van der Waals surface area contributed by atoms with Crippen molar-refractivity contribution < 1.29 is 4.74 Å². The molecule has 0 aliphatic rings. The molecule has 0 atom stereocenters. The minimum Gasteiger partial charge on any atom is -0.489 e. The Morgan fingerprint density at radius 3 is 3.25 bits per heavy atom. The zero-order valence-corrected chi connectivity index (χ0v) is 9.76. The minimum atomic E-state index is -0.295. The Bertz CT molecular complexity index is 425.